The molecule has 2 unspecified atom stereocenters. The first kappa shape index (κ1) is 30.8. The van der Waals surface area contributed by atoms with E-state index in [0.717, 1.165) is 0 Å². The van der Waals surface area contributed by atoms with E-state index in [4.69, 9.17) is 28.4 Å². The number of methoxy groups -OCH3 is 6. The van der Waals surface area contributed by atoms with E-state index in [9.17, 15) is 19.2 Å². The quantitative estimate of drug-likeness (QED) is 0.319. The molecular formula is C34H36O10. The van der Waals surface area contributed by atoms with Crippen LogP contribution in [0, 0.1) is 22.7 Å². The number of carbonyl (C=O) groups excluding carboxylic acids is 4. The van der Waals surface area contributed by atoms with Crippen LogP contribution in [0.2, 0.25) is 0 Å². The van der Waals surface area contributed by atoms with Crippen molar-refractivity contribution in [2.24, 2.45) is 22.7 Å². The van der Waals surface area contributed by atoms with Crippen LogP contribution < -0.4 is 9.47 Å². The van der Waals surface area contributed by atoms with Crippen molar-refractivity contribution < 1.29 is 47.6 Å². The number of fused-ring (bicyclic) bond motifs is 4. The Bertz CT molecular complexity index is 1540. The number of hydrogen-bond acceptors (Lipinski definition) is 10. The van der Waals surface area contributed by atoms with Crippen LogP contribution in [0.25, 0.3) is 5.57 Å². The number of allylic oxidation sites excluding steroid dienone is 1. The van der Waals surface area contributed by atoms with Gasteiger partial charge in [0.25, 0.3) is 0 Å². The van der Waals surface area contributed by atoms with Crippen molar-refractivity contribution in [1.82, 2.24) is 0 Å². The van der Waals surface area contributed by atoms with Gasteiger partial charge in [0, 0.05) is 23.0 Å². The van der Waals surface area contributed by atoms with Crippen LogP contribution in [0.15, 0.2) is 65.8 Å². The Balaban J connectivity index is 1.85. The Morgan fingerprint density at radius 2 is 1.25 bits per heavy atom. The molecule has 5 atom stereocenters. The zero-order chi connectivity index (χ0) is 31.8. The van der Waals surface area contributed by atoms with E-state index < -0.39 is 52.5 Å². The van der Waals surface area contributed by atoms with Crippen LogP contribution >= 0.6 is 0 Å². The van der Waals surface area contributed by atoms with Crippen molar-refractivity contribution >= 4 is 29.5 Å². The number of carbonyl (C=O) groups is 4. The topological polar surface area (TPSA) is 124 Å². The first-order valence-corrected chi connectivity index (χ1v) is 14.3. The lowest BCUT2D eigenvalue weighted by Crippen LogP contribution is -2.75. The average Bonchev–Trinajstić information content (AvgIpc) is 3.07. The Labute approximate surface area is 255 Å². The molecule has 0 radical (unpaired) electrons. The molecule has 0 amide bonds. The molecular weight excluding hydrogens is 568 g/mol. The van der Waals surface area contributed by atoms with E-state index in [-0.39, 0.29) is 19.3 Å². The highest BCUT2D eigenvalue weighted by Crippen LogP contribution is 2.79. The molecule has 232 valence electrons. The maximum Gasteiger partial charge on any atom is 0.334 e. The molecule has 1 saturated carbocycles. The average molecular weight is 605 g/mol. The molecule has 0 bridgehead atoms. The predicted octanol–water partition coefficient (Wildman–Crippen LogP) is 4.28. The van der Waals surface area contributed by atoms with Gasteiger partial charge in [-0.1, -0.05) is 30.3 Å². The number of hydrogen-bond donors (Lipinski definition) is 0. The number of ether oxygens (including phenoxy) is 6. The third-order valence-corrected chi connectivity index (χ3v) is 9.76. The summed E-state index contributed by atoms with van der Waals surface area (Å²) in [5, 5.41) is 0. The summed E-state index contributed by atoms with van der Waals surface area (Å²) in [6.07, 6.45) is 2.35. The zero-order valence-corrected chi connectivity index (χ0v) is 25.6. The van der Waals surface area contributed by atoms with Gasteiger partial charge in [-0.05, 0) is 66.1 Å². The monoisotopic (exact) mass is 604 g/mol. The molecule has 10 heteroatoms. The Morgan fingerprint density at radius 3 is 1.77 bits per heavy atom. The molecule has 3 aliphatic rings. The number of esters is 4. The second-order valence-corrected chi connectivity index (χ2v) is 11.1. The minimum absolute atomic E-state index is 0.145. The molecule has 0 aromatic heterocycles. The fourth-order valence-corrected chi connectivity index (χ4v) is 8.23. The highest BCUT2D eigenvalue weighted by Gasteiger charge is 2.82. The SMILES string of the molecule is COC(=O)C1=CCC2[C@@]3(C(=O)OC)C(c4ccc(OC)cc4)=C(C(=O)OC)CCC3[C@@]2(C(=O)OC)[C@@H]1c1ccc(OC)cc1. The van der Waals surface area contributed by atoms with E-state index in [2.05, 4.69) is 0 Å². The lowest BCUT2D eigenvalue weighted by atomic mass is 9.29. The molecule has 0 heterocycles. The van der Waals surface area contributed by atoms with Crippen molar-refractivity contribution in [3.05, 3.63) is 76.9 Å². The van der Waals surface area contributed by atoms with Crippen molar-refractivity contribution in [3.8, 4) is 11.5 Å². The normalized spacial score (nSPS) is 27.0. The summed E-state index contributed by atoms with van der Waals surface area (Å²) in [7, 11) is 8.28. The summed E-state index contributed by atoms with van der Waals surface area (Å²) in [5.41, 5.74) is -0.485. The van der Waals surface area contributed by atoms with Gasteiger partial charge in [0.15, 0.2) is 0 Å². The van der Waals surface area contributed by atoms with Crippen molar-refractivity contribution in [2.45, 2.75) is 25.2 Å². The molecule has 1 fully saturated rings. The van der Waals surface area contributed by atoms with Gasteiger partial charge in [-0.3, -0.25) is 9.59 Å². The van der Waals surface area contributed by atoms with E-state index in [1.807, 2.05) is 0 Å². The molecule has 0 saturated heterocycles. The summed E-state index contributed by atoms with van der Waals surface area (Å²) in [4.78, 5) is 55.3. The van der Waals surface area contributed by atoms with Gasteiger partial charge in [-0.2, -0.15) is 0 Å². The van der Waals surface area contributed by atoms with E-state index >= 15 is 0 Å². The molecule has 2 aromatic rings. The standard InChI is InChI=1S/C34H36O10/c1-39-21-11-7-19(8-12-21)27-23(29(35)41-3)15-17-25-33(27,31(37)43-5)26-18-16-24(30(36)42-4)28(34(25,26)32(38)44-6)20-9-13-22(40-2)14-10-20/h7-15,25-27H,16-18H2,1-6H3/t25?,26?,27-,33-,34+/m1/s1. The third kappa shape index (κ3) is 4.14. The summed E-state index contributed by atoms with van der Waals surface area (Å²) >= 11 is 0. The molecule has 0 N–H and O–H groups in total. The van der Waals surface area contributed by atoms with Crippen LogP contribution in [0.5, 0.6) is 11.5 Å². The van der Waals surface area contributed by atoms with Crippen LogP contribution in [0.1, 0.15) is 36.3 Å². The van der Waals surface area contributed by atoms with E-state index in [1.165, 1.54) is 28.4 Å². The Hall–Kier alpha value is -4.60. The summed E-state index contributed by atoms with van der Waals surface area (Å²) in [6.45, 7) is 0. The Kier molecular flexibility index (Phi) is 8.29. The molecule has 5 rings (SSSR count). The van der Waals surface area contributed by atoms with Crippen LogP contribution in [-0.4, -0.2) is 66.5 Å². The van der Waals surface area contributed by atoms with Crippen LogP contribution in [0.4, 0.5) is 0 Å². The Morgan fingerprint density at radius 1 is 0.682 bits per heavy atom. The van der Waals surface area contributed by atoms with Gasteiger partial charge < -0.3 is 28.4 Å². The van der Waals surface area contributed by atoms with Gasteiger partial charge in [0.1, 0.15) is 16.9 Å². The first-order valence-electron chi connectivity index (χ1n) is 14.3. The fourth-order valence-electron chi connectivity index (χ4n) is 8.23. The second kappa shape index (κ2) is 11.8. The largest absolute Gasteiger partial charge is 0.497 e. The first-order chi connectivity index (χ1) is 21.2. The minimum Gasteiger partial charge on any atom is -0.497 e. The molecule has 44 heavy (non-hydrogen) atoms. The maximum absolute atomic E-state index is 14.3. The van der Waals surface area contributed by atoms with Gasteiger partial charge in [-0.25, -0.2) is 9.59 Å². The zero-order valence-electron chi connectivity index (χ0n) is 25.6. The highest BCUT2D eigenvalue weighted by atomic mass is 16.5. The highest BCUT2D eigenvalue weighted by molar-refractivity contribution is 6.09. The van der Waals surface area contributed by atoms with E-state index in [1.54, 1.807) is 68.8 Å². The smallest absolute Gasteiger partial charge is 0.334 e. The summed E-state index contributed by atoms with van der Waals surface area (Å²) < 4.78 is 32.2. The summed E-state index contributed by atoms with van der Waals surface area (Å²) in [6, 6.07) is 14.2. The van der Waals surface area contributed by atoms with Gasteiger partial charge in [-0.15, -0.1) is 0 Å². The molecule has 0 spiro atoms. The maximum atomic E-state index is 14.3. The van der Waals surface area contributed by atoms with Crippen molar-refractivity contribution in [3.63, 3.8) is 0 Å². The number of benzene rings is 2. The predicted molar refractivity (Wildman–Crippen MR) is 157 cm³/mol. The van der Waals surface area contributed by atoms with Crippen LogP contribution in [-0.2, 0) is 38.1 Å². The lowest BCUT2D eigenvalue weighted by Gasteiger charge is -2.70. The lowest BCUT2D eigenvalue weighted by molar-refractivity contribution is -0.225. The van der Waals surface area contributed by atoms with Gasteiger partial charge >= 0.3 is 23.9 Å². The molecule has 10 nitrogen and oxygen atoms in total. The van der Waals surface area contributed by atoms with E-state index in [0.29, 0.717) is 39.3 Å². The van der Waals surface area contributed by atoms with Gasteiger partial charge in [0.05, 0.1) is 48.1 Å². The van der Waals surface area contributed by atoms with Crippen LogP contribution in [0.3, 0.4) is 0 Å². The van der Waals surface area contributed by atoms with Crippen molar-refractivity contribution in [1.29, 1.82) is 0 Å². The second-order valence-electron chi connectivity index (χ2n) is 11.1. The molecule has 0 aliphatic heterocycles. The minimum atomic E-state index is -1.44. The van der Waals surface area contributed by atoms with Crippen molar-refractivity contribution in [2.75, 3.05) is 42.7 Å². The van der Waals surface area contributed by atoms with Gasteiger partial charge in [0.2, 0.25) is 0 Å². The molecule has 3 aliphatic carbocycles. The molecule has 2 aromatic carbocycles. The fraction of sp³-hybridized carbons (Fsp3) is 0.412. The summed E-state index contributed by atoms with van der Waals surface area (Å²) in [5.74, 6) is -3.40. The number of rotatable bonds is 8. The third-order valence-electron chi connectivity index (χ3n) is 9.76.